The molecule has 3 aromatic rings. The predicted octanol–water partition coefficient (Wildman–Crippen LogP) is 3.43. The fourth-order valence-electron chi connectivity index (χ4n) is 4.16. The number of nitrogens with one attached hydrogen (secondary N) is 1. The van der Waals surface area contributed by atoms with E-state index < -0.39 is 12.0 Å². The van der Waals surface area contributed by atoms with Gasteiger partial charge in [0.15, 0.2) is 0 Å². The van der Waals surface area contributed by atoms with Crippen LogP contribution in [0.3, 0.4) is 0 Å². The summed E-state index contributed by atoms with van der Waals surface area (Å²) in [5.41, 5.74) is 3.88. The number of H-pyrrole nitrogens is 1. The van der Waals surface area contributed by atoms with Crippen molar-refractivity contribution in [1.82, 2.24) is 9.88 Å². The van der Waals surface area contributed by atoms with Crippen LogP contribution in [0.4, 0.5) is 5.69 Å². The summed E-state index contributed by atoms with van der Waals surface area (Å²) in [5.74, 6) is 0.0282. The van der Waals surface area contributed by atoms with Crippen molar-refractivity contribution in [3.05, 3.63) is 59.8 Å². The van der Waals surface area contributed by atoms with Crippen molar-refractivity contribution in [2.24, 2.45) is 0 Å². The van der Waals surface area contributed by atoms with Crippen LogP contribution in [0.1, 0.15) is 17.3 Å². The van der Waals surface area contributed by atoms with Crippen molar-refractivity contribution in [2.75, 3.05) is 38.2 Å². The lowest BCUT2D eigenvalue weighted by atomic mass is 10.0. The Kier molecular flexibility index (Phi) is 4.96. The van der Waals surface area contributed by atoms with Crippen molar-refractivity contribution in [3.63, 3.8) is 0 Å². The molecule has 2 aromatic carbocycles. The maximum Gasteiger partial charge on any atom is 0.325 e. The quantitative estimate of drug-likeness (QED) is 0.711. The number of hydrogen-bond acceptors (Lipinski definition) is 4. The molecule has 4 rings (SSSR count). The zero-order chi connectivity index (χ0) is 19.7. The van der Waals surface area contributed by atoms with Crippen LogP contribution in [-0.4, -0.2) is 54.2 Å². The first kappa shape index (κ1) is 18.4. The van der Waals surface area contributed by atoms with E-state index in [9.17, 15) is 9.90 Å². The van der Waals surface area contributed by atoms with Gasteiger partial charge in [0, 0.05) is 60.1 Å². The van der Waals surface area contributed by atoms with Crippen LogP contribution in [0.5, 0.6) is 5.75 Å². The monoisotopic (exact) mass is 379 g/mol. The summed E-state index contributed by atoms with van der Waals surface area (Å²) >= 11 is 0. The van der Waals surface area contributed by atoms with Gasteiger partial charge in [-0.25, -0.2) is 0 Å². The lowest BCUT2D eigenvalue weighted by molar-refractivity contribution is -0.143. The number of carboxylic acids is 1. The second kappa shape index (κ2) is 7.56. The summed E-state index contributed by atoms with van der Waals surface area (Å²) < 4.78 is 5.32. The van der Waals surface area contributed by atoms with E-state index in [1.165, 1.54) is 0 Å². The minimum absolute atomic E-state index is 0.649. The molecule has 6 heteroatoms. The topological polar surface area (TPSA) is 68.8 Å². The Bertz CT molecular complexity index is 990. The number of fused-ring (bicyclic) bond motifs is 1. The average molecular weight is 379 g/mol. The third-order valence-electron chi connectivity index (χ3n) is 5.55. The lowest BCUT2D eigenvalue weighted by Gasteiger charge is -2.39. The van der Waals surface area contributed by atoms with Crippen molar-refractivity contribution in [1.29, 1.82) is 0 Å². The predicted molar refractivity (Wildman–Crippen MR) is 110 cm³/mol. The molecule has 6 nitrogen and oxygen atoms in total. The number of methoxy groups -OCH3 is 1. The molecule has 1 aromatic heterocycles. The van der Waals surface area contributed by atoms with E-state index in [1.807, 2.05) is 49.4 Å². The second-order valence-corrected chi connectivity index (χ2v) is 7.17. The molecule has 2 heterocycles. The van der Waals surface area contributed by atoms with Crippen molar-refractivity contribution in [2.45, 2.75) is 13.0 Å². The first-order valence-electron chi connectivity index (χ1n) is 9.51. The molecule has 0 aliphatic carbocycles. The summed E-state index contributed by atoms with van der Waals surface area (Å²) in [6, 6.07) is 15.3. The minimum Gasteiger partial charge on any atom is -0.497 e. The van der Waals surface area contributed by atoms with E-state index in [-0.39, 0.29) is 0 Å². The third-order valence-corrected chi connectivity index (χ3v) is 5.55. The molecule has 28 heavy (non-hydrogen) atoms. The van der Waals surface area contributed by atoms with Gasteiger partial charge < -0.3 is 19.7 Å². The fourth-order valence-corrected chi connectivity index (χ4v) is 4.16. The highest BCUT2D eigenvalue weighted by molar-refractivity contribution is 5.90. The van der Waals surface area contributed by atoms with Gasteiger partial charge in [-0.2, -0.15) is 0 Å². The Hall–Kier alpha value is -2.99. The molecule has 0 bridgehead atoms. The van der Waals surface area contributed by atoms with E-state index in [1.54, 1.807) is 7.11 Å². The Morgan fingerprint density at radius 2 is 1.86 bits per heavy atom. The van der Waals surface area contributed by atoms with Gasteiger partial charge in [-0.15, -0.1) is 0 Å². The SMILES string of the molecule is COc1cccc(N2CCN(C(C(=O)O)c3c(C)[nH]c4ccccc34)CC2)c1. The van der Waals surface area contributed by atoms with Crippen molar-refractivity contribution < 1.29 is 14.6 Å². The molecule has 1 saturated heterocycles. The zero-order valence-electron chi connectivity index (χ0n) is 16.2. The number of piperazine rings is 1. The Morgan fingerprint density at radius 3 is 2.57 bits per heavy atom. The molecule has 0 saturated carbocycles. The summed E-state index contributed by atoms with van der Waals surface area (Å²) in [6.45, 7) is 4.88. The number of carboxylic acid groups (broad SMARTS) is 1. The number of ether oxygens (including phenoxy) is 1. The van der Waals surface area contributed by atoms with Crippen LogP contribution < -0.4 is 9.64 Å². The number of nitrogens with zero attached hydrogens (tertiary/aromatic N) is 2. The molecule has 1 aliphatic rings. The van der Waals surface area contributed by atoms with Gasteiger partial charge >= 0.3 is 5.97 Å². The van der Waals surface area contributed by atoms with E-state index in [2.05, 4.69) is 20.9 Å². The summed E-state index contributed by atoms with van der Waals surface area (Å²) in [5, 5.41) is 11.0. The lowest BCUT2D eigenvalue weighted by Crippen LogP contribution is -2.49. The number of anilines is 1. The van der Waals surface area contributed by atoms with E-state index in [4.69, 9.17) is 4.74 Å². The zero-order valence-corrected chi connectivity index (χ0v) is 16.2. The molecule has 1 fully saturated rings. The fraction of sp³-hybridized carbons (Fsp3) is 0.318. The molecule has 0 amide bonds. The van der Waals surface area contributed by atoms with Gasteiger partial charge in [0.2, 0.25) is 0 Å². The van der Waals surface area contributed by atoms with Crippen molar-refractivity contribution >= 4 is 22.6 Å². The standard InChI is InChI=1S/C22H25N3O3/c1-15-20(18-8-3-4-9-19(18)23-15)21(22(26)27)25-12-10-24(11-13-25)16-6-5-7-17(14-16)28-2/h3-9,14,21,23H,10-13H2,1-2H3,(H,26,27). The van der Waals surface area contributed by atoms with Gasteiger partial charge in [0.25, 0.3) is 0 Å². The molecular formula is C22H25N3O3. The normalized spacial score (nSPS) is 16.3. The highest BCUT2D eigenvalue weighted by Crippen LogP contribution is 2.33. The maximum absolute atomic E-state index is 12.2. The molecule has 1 aliphatic heterocycles. The number of aromatic nitrogens is 1. The smallest absolute Gasteiger partial charge is 0.325 e. The van der Waals surface area contributed by atoms with E-state index in [0.29, 0.717) is 13.1 Å². The Balaban J connectivity index is 1.57. The third kappa shape index (κ3) is 3.31. The number of aliphatic carboxylic acids is 1. The average Bonchev–Trinajstić information content (AvgIpc) is 3.04. The molecular weight excluding hydrogens is 354 g/mol. The number of para-hydroxylation sites is 1. The molecule has 146 valence electrons. The Labute approximate surface area is 164 Å². The number of aromatic amines is 1. The molecule has 2 N–H and O–H groups in total. The highest BCUT2D eigenvalue weighted by Gasteiger charge is 2.33. The molecule has 0 radical (unpaired) electrons. The van der Waals surface area contributed by atoms with Crippen LogP contribution in [0, 0.1) is 6.92 Å². The largest absolute Gasteiger partial charge is 0.497 e. The summed E-state index contributed by atoms with van der Waals surface area (Å²) in [7, 11) is 1.66. The number of aryl methyl sites for hydroxylation is 1. The van der Waals surface area contributed by atoms with Crippen LogP contribution in [0.15, 0.2) is 48.5 Å². The number of carbonyl (C=O) groups is 1. The molecule has 1 atom stereocenters. The van der Waals surface area contributed by atoms with Gasteiger partial charge in [-0.05, 0) is 25.1 Å². The number of benzene rings is 2. The van der Waals surface area contributed by atoms with Gasteiger partial charge in [0.05, 0.1) is 7.11 Å². The van der Waals surface area contributed by atoms with Gasteiger partial charge in [0.1, 0.15) is 11.8 Å². The summed E-state index contributed by atoms with van der Waals surface area (Å²) in [6.07, 6.45) is 0. The van der Waals surface area contributed by atoms with Crippen molar-refractivity contribution in [3.8, 4) is 5.75 Å². The molecule has 1 unspecified atom stereocenters. The van der Waals surface area contributed by atoms with Gasteiger partial charge in [-0.3, -0.25) is 9.69 Å². The first-order valence-corrected chi connectivity index (χ1v) is 9.51. The van der Waals surface area contributed by atoms with Crippen LogP contribution >= 0.6 is 0 Å². The minimum atomic E-state index is -0.803. The highest BCUT2D eigenvalue weighted by atomic mass is 16.5. The Morgan fingerprint density at radius 1 is 1.11 bits per heavy atom. The number of hydrogen-bond donors (Lipinski definition) is 2. The van der Waals surface area contributed by atoms with Gasteiger partial charge in [-0.1, -0.05) is 24.3 Å². The maximum atomic E-state index is 12.2. The summed E-state index contributed by atoms with van der Waals surface area (Å²) in [4.78, 5) is 19.9. The second-order valence-electron chi connectivity index (χ2n) is 7.17. The molecule has 0 spiro atoms. The van der Waals surface area contributed by atoms with Crippen LogP contribution in [-0.2, 0) is 4.79 Å². The van der Waals surface area contributed by atoms with E-state index >= 15 is 0 Å². The number of rotatable bonds is 5. The van der Waals surface area contributed by atoms with E-state index in [0.717, 1.165) is 46.7 Å². The van der Waals surface area contributed by atoms with Crippen LogP contribution in [0.25, 0.3) is 10.9 Å². The first-order chi connectivity index (χ1) is 13.6. The van der Waals surface area contributed by atoms with Crippen LogP contribution in [0.2, 0.25) is 0 Å².